The Morgan fingerprint density at radius 3 is 2.54 bits per heavy atom. The second-order valence-electron chi connectivity index (χ2n) is 4.88. The third-order valence-corrected chi connectivity index (χ3v) is 3.91. The molecular formula is C16H11N7S. The van der Waals surface area contributed by atoms with E-state index in [1.165, 1.54) is 11.5 Å². The van der Waals surface area contributed by atoms with Gasteiger partial charge in [0, 0.05) is 5.56 Å². The molecule has 0 aliphatic carbocycles. The zero-order valence-electron chi connectivity index (χ0n) is 12.6. The summed E-state index contributed by atoms with van der Waals surface area (Å²) in [7, 11) is 0. The Bertz CT molecular complexity index is 942. The standard InChI is InChI=1S/C16H11N7S/c1-10-7-13(24-23-10)21-22-16-14(11-5-3-2-4-6-11)19-15(20-16)12(8-17)9-18/h2-7,12H,1H3,(H,19,20)/b22-21+. The number of aromatic nitrogens is 3. The van der Waals surface area contributed by atoms with E-state index in [9.17, 15) is 0 Å². The lowest BCUT2D eigenvalue weighted by molar-refractivity contribution is 0.968. The minimum Gasteiger partial charge on any atom is -0.323 e. The van der Waals surface area contributed by atoms with Crippen molar-refractivity contribution in [3.05, 3.63) is 47.9 Å². The van der Waals surface area contributed by atoms with Crippen LogP contribution in [0.2, 0.25) is 0 Å². The number of nitrogens with zero attached hydrogens (tertiary/aromatic N) is 6. The molecule has 0 bridgehead atoms. The number of nitriles is 2. The molecule has 7 nitrogen and oxygen atoms in total. The maximum absolute atomic E-state index is 9.07. The van der Waals surface area contributed by atoms with Gasteiger partial charge in [-0.25, -0.2) is 4.98 Å². The van der Waals surface area contributed by atoms with Crippen molar-refractivity contribution in [2.24, 2.45) is 10.2 Å². The molecule has 0 atom stereocenters. The molecule has 0 unspecified atom stereocenters. The van der Waals surface area contributed by atoms with Gasteiger partial charge in [-0.3, -0.25) is 0 Å². The minimum absolute atomic E-state index is 0.258. The summed E-state index contributed by atoms with van der Waals surface area (Å²) < 4.78 is 4.15. The first-order chi connectivity index (χ1) is 11.7. The van der Waals surface area contributed by atoms with Gasteiger partial charge < -0.3 is 4.98 Å². The first-order valence-corrected chi connectivity index (χ1v) is 7.78. The maximum atomic E-state index is 9.07. The molecule has 0 spiro atoms. The van der Waals surface area contributed by atoms with Crippen molar-refractivity contribution in [1.82, 2.24) is 14.3 Å². The van der Waals surface area contributed by atoms with E-state index >= 15 is 0 Å². The monoisotopic (exact) mass is 333 g/mol. The average Bonchev–Trinajstić information content (AvgIpc) is 3.21. The Hall–Kier alpha value is -3.36. The number of benzene rings is 1. The summed E-state index contributed by atoms with van der Waals surface area (Å²) in [4.78, 5) is 7.30. The fraction of sp³-hybridized carbons (Fsp3) is 0.125. The van der Waals surface area contributed by atoms with Crippen LogP contribution >= 0.6 is 11.5 Å². The Labute approximate surface area is 142 Å². The van der Waals surface area contributed by atoms with Crippen LogP contribution in [0.5, 0.6) is 0 Å². The Morgan fingerprint density at radius 2 is 1.92 bits per heavy atom. The fourth-order valence-corrected chi connectivity index (χ4v) is 2.63. The third kappa shape index (κ3) is 3.19. The first kappa shape index (κ1) is 15.5. The zero-order valence-corrected chi connectivity index (χ0v) is 13.4. The van der Waals surface area contributed by atoms with E-state index in [-0.39, 0.29) is 5.82 Å². The highest BCUT2D eigenvalue weighted by atomic mass is 32.1. The smallest absolute Gasteiger partial charge is 0.190 e. The normalized spacial score (nSPS) is 10.8. The highest BCUT2D eigenvalue weighted by Crippen LogP contribution is 2.31. The highest BCUT2D eigenvalue weighted by Gasteiger charge is 2.19. The molecule has 0 saturated carbocycles. The largest absolute Gasteiger partial charge is 0.323 e. The summed E-state index contributed by atoms with van der Waals surface area (Å²) in [5.41, 5.74) is 2.24. The topological polar surface area (TPSA) is 114 Å². The predicted molar refractivity (Wildman–Crippen MR) is 89.0 cm³/mol. The molecule has 2 aromatic heterocycles. The van der Waals surface area contributed by atoms with E-state index in [4.69, 9.17) is 10.5 Å². The van der Waals surface area contributed by atoms with Gasteiger partial charge in [0.2, 0.25) is 0 Å². The molecule has 0 aliphatic rings. The van der Waals surface area contributed by atoms with Crippen molar-refractivity contribution >= 4 is 22.4 Å². The van der Waals surface area contributed by atoms with Crippen LogP contribution in [0, 0.1) is 29.6 Å². The fourth-order valence-electron chi connectivity index (χ4n) is 2.04. The number of aryl methyl sites for hydroxylation is 1. The number of aromatic amines is 1. The number of imidazole rings is 1. The van der Waals surface area contributed by atoms with E-state index < -0.39 is 5.92 Å². The zero-order chi connectivity index (χ0) is 16.9. The van der Waals surface area contributed by atoms with Gasteiger partial charge in [-0.2, -0.15) is 14.9 Å². The van der Waals surface area contributed by atoms with E-state index in [0.717, 1.165) is 11.3 Å². The number of hydrogen-bond donors (Lipinski definition) is 1. The molecule has 0 radical (unpaired) electrons. The van der Waals surface area contributed by atoms with Crippen LogP contribution in [0.25, 0.3) is 11.3 Å². The lowest BCUT2D eigenvalue weighted by Crippen LogP contribution is -1.94. The van der Waals surface area contributed by atoms with Gasteiger partial charge in [0.25, 0.3) is 0 Å². The van der Waals surface area contributed by atoms with Crippen LogP contribution in [0.15, 0.2) is 46.6 Å². The molecule has 0 fully saturated rings. The summed E-state index contributed by atoms with van der Waals surface area (Å²) in [6.07, 6.45) is 0. The number of rotatable bonds is 4. The van der Waals surface area contributed by atoms with Crippen LogP contribution in [0.3, 0.4) is 0 Å². The summed E-state index contributed by atoms with van der Waals surface area (Å²) in [5, 5.41) is 27.1. The SMILES string of the molecule is Cc1cc(/N=N/c2[nH]c(C(C#N)C#N)nc2-c2ccccc2)sn1. The molecule has 116 valence electrons. The third-order valence-electron chi connectivity index (χ3n) is 3.15. The summed E-state index contributed by atoms with van der Waals surface area (Å²) in [6.45, 7) is 1.88. The van der Waals surface area contributed by atoms with E-state index in [2.05, 4.69) is 24.6 Å². The number of azo groups is 1. The van der Waals surface area contributed by atoms with Crippen LogP contribution in [-0.4, -0.2) is 14.3 Å². The summed E-state index contributed by atoms with van der Waals surface area (Å²) in [5.74, 6) is -0.326. The number of H-pyrrole nitrogens is 1. The van der Waals surface area contributed by atoms with Crippen LogP contribution in [0.4, 0.5) is 10.8 Å². The Balaban J connectivity index is 2.04. The van der Waals surface area contributed by atoms with Gasteiger partial charge >= 0.3 is 0 Å². The maximum Gasteiger partial charge on any atom is 0.190 e. The van der Waals surface area contributed by atoms with Gasteiger partial charge in [-0.15, -0.1) is 10.2 Å². The van der Waals surface area contributed by atoms with Gasteiger partial charge in [-0.1, -0.05) is 30.3 Å². The van der Waals surface area contributed by atoms with E-state index in [0.29, 0.717) is 16.5 Å². The summed E-state index contributed by atoms with van der Waals surface area (Å²) in [6, 6.07) is 15.0. The van der Waals surface area contributed by atoms with Crippen molar-refractivity contribution in [3.8, 4) is 23.4 Å². The number of hydrogen-bond acceptors (Lipinski definition) is 7. The molecule has 0 aliphatic heterocycles. The molecule has 24 heavy (non-hydrogen) atoms. The van der Waals surface area contributed by atoms with Crippen molar-refractivity contribution in [2.45, 2.75) is 12.8 Å². The first-order valence-electron chi connectivity index (χ1n) is 7.01. The average molecular weight is 333 g/mol. The molecule has 0 amide bonds. The van der Waals surface area contributed by atoms with Crippen LogP contribution in [0.1, 0.15) is 17.4 Å². The Morgan fingerprint density at radius 1 is 1.17 bits per heavy atom. The van der Waals surface area contributed by atoms with Crippen LogP contribution in [-0.2, 0) is 0 Å². The quantitative estimate of drug-likeness (QED) is 0.713. The molecule has 1 N–H and O–H groups in total. The van der Waals surface area contributed by atoms with Gasteiger partial charge in [0.15, 0.2) is 16.7 Å². The van der Waals surface area contributed by atoms with E-state index in [1.54, 1.807) is 0 Å². The highest BCUT2D eigenvalue weighted by molar-refractivity contribution is 7.09. The second kappa shape index (κ2) is 6.82. The lowest BCUT2D eigenvalue weighted by atomic mass is 10.1. The van der Waals surface area contributed by atoms with E-state index in [1.807, 2.05) is 55.5 Å². The van der Waals surface area contributed by atoms with Crippen molar-refractivity contribution < 1.29 is 0 Å². The molecule has 2 heterocycles. The second-order valence-corrected chi connectivity index (χ2v) is 5.67. The molecule has 0 saturated heterocycles. The van der Waals surface area contributed by atoms with Crippen LogP contribution < -0.4 is 0 Å². The molecule has 8 heteroatoms. The number of nitrogens with one attached hydrogen (secondary N) is 1. The minimum atomic E-state index is -0.984. The van der Waals surface area contributed by atoms with Crippen molar-refractivity contribution in [3.63, 3.8) is 0 Å². The molecule has 3 rings (SSSR count). The van der Waals surface area contributed by atoms with Gasteiger partial charge in [-0.05, 0) is 24.5 Å². The van der Waals surface area contributed by atoms with Gasteiger partial charge in [0.1, 0.15) is 11.5 Å². The summed E-state index contributed by atoms with van der Waals surface area (Å²) >= 11 is 1.24. The van der Waals surface area contributed by atoms with Gasteiger partial charge in [0.05, 0.1) is 17.8 Å². The van der Waals surface area contributed by atoms with Crippen molar-refractivity contribution in [2.75, 3.05) is 0 Å². The lowest BCUT2D eigenvalue weighted by Gasteiger charge is -1.96. The van der Waals surface area contributed by atoms with Crippen molar-refractivity contribution in [1.29, 1.82) is 10.5 Å². The molecule has 3 aromatic rings. The predicted octanol–water partition coefficient (Wildman–Crippen LogP) is 4.39. The molecular weight excluding hydrogens is 322 g/mol. The Kier molecular flexibility index (Phi) is 4.41. The molecule has 1 aromatic carbocycles.